The lowest BCUT2D eigenvalue weighted by Crippen LogP contribution is -2.31. The van der Waals surface area contributed by atoms with Crippen molar-refractivity contribution < 1.29 is 26.4 Å². The van der Waals surface area contributed by atoms with Gasteiger partial charge in [-0.25, -0.2) is 8.42 Å². The second-order valence-corrected chi connectivity index (χ2v) is 8.78. The maximum Gasteiger partial charge on any atom is 0.417 e. The van der Waals surface area contributed by atoms with Crippen molar-refractivity contribution in [3.63, 3.8) is 0 Å². The number of amides is 1. The second kappa shape index (κ2) is 8.54. The number of halogens is 3. The number of anilines is 1. The molecule has 9 heteroatoms. The van der Waals surface area contributed by atoms with E-state index in [2.05, 4.69) is 5.32 Å². The summed E-state index contributed by atoms with van der Waals surface area (Å²) in [5.41, 5.74) is -1.32. The number of nitrogens with one attached hydrogen (secondary N) is 1. The van der Waals surface area contributed by atoms with Crippen LogP contribution in [0.25, 0.3) is 0 Å². The van der Waals surface area contributed by atoms with E-state index in [9.17, 15) is 26.4 Å². The molecular weight excluding hydrogens is 405 g/mol. The Bertz CT molecular complexity index is 965. The monoisotopic (exact) mass is 426 g/mol. The maximum atomic E-state index is 13.1. The third kappa shape index (κ3) is 4.97. The molecule has 156 valence electrons. The Hall–Kier alpha value is -2.39. The molecule has 1 aliphatic rings. The summed E-state index contributed by atoms with van der Waals surface area (Å²) in [6, 6.07) is 9.94. The van der Waals surface area contributed by atoms with Gasteiger partial charge in [0.15, 0.2) is 0 Å². The zero-order valence-corrected chi connectivity index (χ0v) is 16.4. The molecule has 0 spiro atoms. The van der Waals surface area contributed by atoms with Crippen molar-refractivity contribution in [1.29, 1.82) is 0 Å². The first kappa shape index (κ1) is 21.3. The third-order valence-corrected chi connectivity index (χ3v) is 6.70. The van der Waals surface area contributed by atoms with Crippen LogP contribution >= 0.6 is 0 Å². The van der Waals surface area contributed by atoms with Crippen LogP contribution in [0.15, 0.2) is 53.4 Å². The van der Waals surface area contributed by atoms with Crippen molar-refractivity contribution in [3.8, 4) is 0 Å². The van der Waals surface area contributed by atoms with E-state index in [-0.39, 0.29) is 10.6 Å². The number of carbonyl (C=O) groups excluding carboxylic acids is 1. The highest BCUT2D eigenvalue weighted by Crippen LogP contribution is 2.32. The molecule has 0 radical (unpaired) electrons. The molecule has 0 aliphatic carbocycles. The molecular formula is C20H21F3N2O3S. The number of hydrogen-bond donors (Lipinski definition) is 1. The SMILES string of the molecule is O=C(Nc1ccc(S(=O)(=O)N2CCCCCC2)cc1)c1ccccc1C(F)(F)F. The van der Waals surface area contributed by atoms with Gasteiger partial charge in [-0.1, -0.05) is 25.0 Å². The average molecular weight is 426 g/mol. The quantitative estimate of drug-likeness (QED) is 0.782. The first-order valence-corrected chi connectivity index (χ1v) is 10.7. The van der Waals surface area contributed by atoms with Gasteiger partial charge in [0.1, 0.15) is 0 Å². The second-order valence-electron chi connectivity index (χ2n) is 6.84. The first-order chi connectivity index (χ1) is 13.7. The zero-order chi connectivity index (χ0) is 21.1. The molecule has 0 atom stereocenters. The molecule has 1 saturated heterocycles. The predicted octanol–water partition coefficient (Wildman–Crippen LogP) is 4.52. The molecule has 0 saturated carbocycles. The molecule has 1 N–H and O–H groups in total. The molecule has 0 unspecified atom stereocenters. The first-order valence-electron chi connectivity index (χ1n) is 9.27. The smallest absolute Gasteiger partial charge is 0.322 e. The van der Waals surface area contributed by atoms with Gasteiger partial charge in [-0.2, -0.15) is 17.5 Å². The number of carbonyl (C=O) groups is 1. The van der Waals surface area contributed by atoms with Gasteiger partial charge in [0, 0.05) is 18.8 Å². The van der Waals surface area contributed by atoms with Gasteiger partial charge in [-0.05, 0) is 49.2 Å². The minimum absolute atomic E-state index is 0.0908. The van der Waals surface area contributed by atoms with Crippen molar-refractivity contribution in [1.82, 2.24) is 4.31 Å². The van der Waals surface area contributed by atoms with E-state index < -0.39 is 33.2 Å². The molecule has 29 heavy (non-hydrogen) atoms. The third-order valence-electron chi connectivity index (χ3n) is 4.79. The summed E-state index contributed by atoms with van der Waals surface area (Å²) >= 11 is 0. The van der Waals surface area contributed by atoms with Crippen LogP contribution in [0, 0.1) is 0 Å². The van der Waals surface area contributed by atoms with E-state index in [0.29, 0.717) is 13.1 Å². The summed E-state index contributed by atoms with van der Waals surface area (Å²) in [7, 11) is -3.64. The Balaban J connectivity index is 1.77. The van der Waals surface area contributed by atoms with E-state index in [1.807, 2.05) is 0 Å². The normalized spacial score (nSPS) is 16.2. The Kier molecular flexibility index (Phi) is 6.28. The molecule has 2 aromatic carbocycles. The van der Waals surface area contributed by atoms with Crippen LogP contribution in [0.5, 0.6) is 0 Å². The molecule has 2 aromatic rings. The van der Waals surface area contributed by atoms with E-state index in [0.717, 1.165) is 37.8 Å². The Morgan fingerprint density at radius 3 is 2.07 bits per heavy atom. The fraction of sp³-hybridized carbons (Fsp3) is 0.350. The van der Waals surface area contributed by atoms with Gasteiger partial charge in [-0.3, -0.25) is 4.79 Å². The molecule has 5 nitrogen and oxygen atoms in total. The molecule has 1 aliphatic heterocycles. The minimum Gasteiger partial charge on any atom is -0.322 e. The van der Waals surface area contributed by atoms with E-state index in [1.54, 1.807) is 0 Å². The van der Waals surface area contributed by atoms with Crippen molar-refractivity contribution >= 4 is 21.6 Å². The lowest BCUT2D eigenvalue weighted by atomic mass is 10.1. The molecule has 1 fully saturated rings. The summed E-state index contributed by atoms with van der Waals surface area (Å²) in [5.74, 6) is -0.916. The van der Waals surface area contributed by atoms with Gasteiger partial charge in [0.2, 0.25) is 10.0 Å². The molecule has 3 rings (SSSR count). The molecule has 0 aromatic heterocycles. The fourth-order valence-electron chi connectivity index (χ4n) is 3.27. The Morgan fingerprint density at radius 1 is 0.897 bits per heavy atom. The Morgan fingerprint density at radius 2 is 1.48 bits per heavy atom. The van der Waals surface area contributed by atoms with Crippen LogP contribution in [-0.4, -0.2) is 31.7 Å². The minimum atomic E-state index is -4.65. The summed E-state index contributed by atoms with van der Waals surface area (Å²) in [4.78, 5) is 12.4. The van der Waals surface area contributed by atoms with Crippen molar-refractivity contribution in [2.45, 2.75) is 36.8 Å². The molecule has 0 bridgehead atoms. The van der Waals surface area contributed by atoms with E-state index in [4.69, 9.17) is 0 Å². The fourth-order valence-corrected chi connectivity index (χ4v) is 4.79. The number of nitrogens with zero attached hydrogens (tertiary/aromatic N) is 1. The maximum absolute atomic E-state index is 13.1. The number of benzene rings is 2. The number of sulfonamides is 1. The molecule has 1 amide bonds. The van der Waals surface area contributed by atoms with Crippen molar-refractivity contribution in [3.05, 3.63) is 59.7 Å². The number of alkyl halides is 3. The van der Waals surface area contributed by atoms with Crippen LogP contribution < -0.4 is 5.32 Å². The summed E-state index contributed by atoms with van der Waals surface area (Å²) in [6.07, 6.45) is -1.04. The standard InChI is InChI=1S/C20H21F3N2O3S/c21-20(22,23)18-8-4-3-7-17(18)19(26)24-15-9-11-16(12-10-15)29(27,28)25-13-5-1-2-6-14-25/h3-4,7-12H,1-2,5-6,13-14H2,(H,24,26). The van der Waals surface area contributed by atoms with Gasteiger partial charge < -0.3 is 5.32 Å². The highest BCUT2D eigenvalue weighted by atomic mass is 32.2. The summed E-state index contributed by atoms with van der Waals surface area (Å²) < 4.78 is 66.2. The van der Waals surface area contributed by atoms with Crippen molar-refractivity contribution in [2.24, 2.45) is 0 Å². The van der Waals surface area contributed by atoms with Crippen LogP contribution in [0.2, 0.25) is 0 Å². The summed E-state index contributed by atoms with van der Waals surface area (Å²) in [5, 5.41) is 2.39. The lowest BCUT2D eigenvalue weighted by molar-refractivity contribution is -0.137. The highest BCUT2D eigenvalue weighted by Gasteiger charge is 2.34. The number of rotatable bonds is 4. The van der Waals surface area contributed by atoms with E-state index in [1.165, 1.54) is 40.7 Å². The van der Waals surface area contributed by atoms with Gasteiger partial charge in [0.05, 0.1) is 16.0 Å². The largest absolute Gasteiger partial charge is 0.417 e. The van der Waals surface area contributed by atoms with Crippen LogP contribution in [0.1, 0.15) is 41.6 Å². The molecule has 1 heterocycles. The summed E-state index contributed by atoms with van der Waals surface area (Å²) in [6.45, 7) is 0.935. The van der Waals surface area contributed by atoms with Gasteiger partial charge in [-0.15, -0.1) is 0 Å². The van der Waals surface area contributed by atoms with Crippen molar-refractivity contribution in [2.75, 3.05) is 18.4 Å². The topological polar surface area (TPSA) is 66.5 Å². The Labute approximate surface area is 167 Å². The average Bonchev–Trinajstić information content (AvgIpc) is 2.98. The van der Waals surface area contributed by atoms with Gasteiger partial charge >= 0.3 is 6.18 Å². The lowest BCUT2D eigenvalue weighted by Gasteiger charge is -2.20. The van der Waals surface area contributed by atoms with Crippen LogP contribution in [0.4, 0.5) is 18.9 Å². The predicted molar refractivity (Wildman–Crippen MR) is 103 cm³/mol. The zero-order valence-electron chi connectivity index (χ0n) is 15.6. The number of hydrogen-bond acceptors (Lipinski definition) is 3. The van der Waals surface area contributed by atoms with Crippen LogP contribution in [-0.2, 0) is 16.2 Å². The highest BCUT2D eigenvalue weighted by molar-refractivity contribution is 7.89. The van der Waals surface area contributed by atoms with E-state index >= 15 is 0 Å². The van der Waals surface area contributed by atoms with Crippen LogP contribution in [0.3, 0.4) is 0 Å². The van der Waals surface area contributed by atoms with Gasteiger partial charge in [0.25, 0.3) is 5.91 Å².